The molecule has 1 aromatic heterocycles. The quantitative estimate of drug-likeness (QED) is 0.165. The fourth-order valence-electron chi connectivity index (χ4n) is 3.53. The molecule has 0 amide bonds. The first-order chi connectivity index (χ1) is 16.5. The van der Waals surface area contributed by atoms with Crippen molar-refractivity contribution in [2.24, 2.45) is 0 Å². The SMILES string of the molecule is O=C(COC(=O)c1ccc(-[s+]2c3ccccc3c3ccccc32)cc1)OC(C(F)(F)F)C(F)(F)F. The molecule has 11 heteroatoms. The van der Waals surface area contributed by atoms with Crippen LogP contribution in [0.25, 0.3) is 25.1 Å². The zero-order valence-electron chi connectivity index (χ0n) is 17.5. The fourth-order valence-corrected chi connectivity index (χ4v) is 5.90. The van der Waals surface area contributed by atoms with Gasteiger partial charge in [0.05, 0.1) is 5.56 Å². The van der Waals surface area contributed by atoms with Gasteiger partial charge in [0.2, 0.25) is 0 Å². The minimum atomic E-state index is -5.86. The smallest absolute Gasteiger partial charge is 0.434 e. The summed E-state index contributed by atoms with van der Waals surface area (Å²) in [4.78, 5) is 24.5. The molecule has 0 bridgehead atoms. The van der Waals surface area contributed by atoms with Gasteiger partial charge in [-0.25, -0.2) is 9.59 Å². The summed E-state index contributed by atoms with van der Waals surface area (Å²) in [6.07, 6.45) is -16.0. The Labute approximate surface area is 196 Å². The number of esters is 2. The molecular weight excluding hydrogens is 498 g/mol. The molecule has 35 heavy (non-hydrogen) atoms. The fraction of sp³-hybridized carbons (Fsp3) is 0.167. The summed E-state index contributed by atoms with van der Waals surface area (Å²) < 4.78 is 85.1. The van der Waals surface area contributed by atoms with Crippen LogP contribution >= 0.6 is 10.5 Å². The van der Waals surface area contributed by atoms with E-state index in [-0.39, 0.29) is 5.56 Å². The predicted molar refractivity (Wildman–Crippen MR) is 118 cm³/mol. The minimum Gasteiger partial charge on any atom is -0.450 e. The molecule has 4 aromatic rings. The molecule has 0 spiro atoms. The van der Waals surface area contributed by atoms with Crippen LogP contribution in [0.3, 0.4) is 0 Å². The van der Waals surface area contributed by atoms with E-state index in [4.69, 9.17) is 0 Å². The number of carbonyl (C=O) groups excluding carboxylic acids is 2. The van der Waals surface area contributed by atoms with Crippen LogP contribution in [0.4, 0.5) is 26.3 Å². The van der Waals surface area contributed by atoms with Crippen molar-refractivity contribution in [1.29, 1.82) is 0 Å². The largest absolute Gasteiger partial charge is 0.450 e. The number of benzene rings is 3. The van der Waals surface area contributed by atoms with Crippen LogP contribution < -0.4 is 0 Å². The van der Waals surface area contributed by atoms with Crippen molar-refractivity contribution in [3.63, 3.8) is 0 Å². The van der Waals surface area contributed by atoms with Gasteiger partial charge in [0.25, 0.3) is 6.10 Å². The van der Waals surface area contributed by atoms with Crippen molar-refractivity contribution < 1.29 is 45.4 Å². The number of hydrogen-bond acceptors (Lipinski definition) is 4. The lowest BCUT2D eigenvalue weighted by Gasteiger charge is -2.22. The second-order valence-electron chi connectivity index (χ2n) is 7.35. The van der Waals surface area contributed by atoms with E-state index < -0.39 is 47.5 Å². The number of thiophene rings is 1. The van der Waals surface area contributed by atoms with E-state index >= 15 is 0 Å². The number of rotatable bonds is 5. The van der Waals surface area contributed by atoms with Gasteiger partial charge in [-0.2, -0.15) is 26.3 Å². The van der Waals surface area contributed by atoms with Crippen LogP contribution in [-0.2, 0) is 14.3 Å². The van der Waals surface area contributed by atoms with E-state index in [2.05, 4.69) is 9.47 Å². The molecule has 0 aliphatic rings. The topological polar surface area (TPSA) is 52.6 Å². The zero-order chi connectivity index (χ0) is 25.4. The van der Waals surface area contributed by atoms with Gasteiger partial charge in [0.15, 0.2) is 20.9 Å². The molecule has 0 aliphatic carbocycles. The van der Waals surface area contributed by atoms with Crippen LogP contribution in [-0.4, -0.2) is 37.0 Å². The molecule has 1 heterocycles. The molecule has 0 N–H and O–H groups in total. The van der Waals surface area contributed by atoms with E-state index in [0.29, 0.717) is 0 Å². The van der Waals surface area contributed by atoms with Crippen molar-refractivity contribution in [2.45, 2.75) is 18.5 Å². The first-order valence-electron chi connectivity index (χ1n) is 9.99. The van der Waals surface area contributed by atoms with Crippen LogP contribution in [0.5, 0.6) is 0 Å². The van der Waals surface area contributed by atoms with Crippen LogP contribution in [0.15, 0.2) is 72.8 Å². The number of alkyl halides is 6. The van der Waals surface area contributed by atoms with Gasteiger partial charge in [-0.15, -0.1) is 0 Å². The molecule has 4 rings (SSSR count). The molecule has 4 nitrogen and oxygen atoms in total. The third kappa shape index (κ3) is 5.09. The summed E-state index contributed by atoms with van der Waals surface area (Å²) in [5, 5.41) is 2.20. The number of carbonyl (C=O) groups is 2. The Morgan fingerprint density at radius 3 is 1.71 bits per heavy atom. The maximum atomic E-state index is 12.5. The van der Waals surface area contributed by atoms with Crippen molar-refractivity contribution in [3.8, 4) is 4.90 Å². The summed E-state index contributed by atoms with van der Waals surface area (Å²) in [7, 11) is -0.436. The Hall–Kier alpha value is -3.60. The average molecular weight is 513 g/mol. The van der Waals surface area contributed by atoms with Gasteiger partial charge in [0.1, 0.15) is 0 Å². The first kappa shape index (κ1) is 24.5. The van der Waals surface area contributed by atoms with E-state index in [1.807, 2.05) is 48.5 Å². The van der Waals surface area contributed by atoms with Gasteiger partial charge in [-0.05, 0) is 48.5 Å². The van der Waals surface area contributed by atoms with Crippen LogP contribution in [0, 0.1) is 0 Å². The predicted octanol–water partition coefficient (Wildman–Crippen LogP) is 6.92. The summed E-state index contributed by atoms with van der Waals surface area (Å²) in [6, 6.07) is 22.0. The summed E-state index contributed by atoms with van der Waals surface area (Å²) in [5.41, 5.74) is -0.0332. The maximum absolute atomic E-state index is 12.5. The lowest BCUT2D eigenvalue weighted by Crippen LogP contribution is -2.46. The molecule has 0 fully saturated rings. The Balaban J connectivity index is 1.49. The number of hydrogen-bond donors (Lipinski definition) is 0. The van der Waals surface area contributed by atoms with Gasteiger partial charge < -0.3 is 9.47 Å². The Morgan fingerprint density at radius 2 is 1.23 bits per heavy atom. The molecular formula is C24H15F6O4S+. The van der Waals surface area contributed by atoms with Crippen LogP contribution in [0.1, 0.15) is 10.4 Å². The van der Waals surface area contributed by atoms with Gasteiger partial charge >= 0.3 is 24.3 Å². The second kappa shape index (κ2) is 9.21. The Bertz CT molecular complexity index is 1320. The van der Waals surface area contributed by atoms with E-state index in [1.54, 1.807) is 12.1 Å². The molecule has 0 aliphatic heterocycles. The first-order valence-corrected chi connectivity index (χ1v) is 11.2. The zero-order valence-corrected chi connectivity index (χ0v) is 18.3. The maximum Gasteiger partial charge on any atom is 0.434 e. The molecule has 0 unspecified atom stereocenters. The van der Waals surface area contributed by atoms with Crippen molar-refractivity contribution >= 4 is 42.6 Å². The van der Waals surface area contributed by atoms with E-state index in [9.17, 15) is 35.9 Å². The highest BCUT2D eigenvalue weighted by Gasteiger charge is 2.59. The summed E-state index contributed by atoms with van der Waals surface area (Å²) in [5.74, 6) is -3.07. The number of halogens is 6. The van der Waals surface area contributed by atoms with Crippen molar-refractivity contribution in [1.82, 2.24) is 0 Å². The Kier molecular flexibility index (Phi) is 6.46. The monoisotopic (exact) mass is 513 g/mol. The highest BCUT2D eigenvalue weighted by atomic mass is 32.2. The average Bonchev–Trinajstić information content (AvgIpc) is 3.14. The highest BCUT2D eigenvalue weighted by molar-refractivity contribution is 7.50. The third-order valence-corrected chi connectivity index (χ3v) is 7.33. The van der Waals surface area contributed by atoms with Gasteiger partial charge in [0, 0.05) is 21.2 Å². The molecule has 0 atom stereocenters. The molecule has 0 radical (unpaired) electrons. The molecule has 0 saturated heterocycles. The molecule has 3 aromatic carbocycles. The van der Waals surface area contributed by atoms with Gasteiger partial charge in [-0.1, -0.05) is 24.3 Å². The Morgan fingerprint density at radius 1 is 0.743 bits per heavy atom. The summed E-state index contributed by atoms with van der Waals surface area (Å²) >= 11 is 0. The standard InChI is InChI=1S/C24H15F6O4S/c25-23(26,27)22(24(28,29)30)34-20(31)13-33-21(32)14-9-11-15(12-10-14)35-18-7-3-1-5-16(18)17-6-2-4-8-19(17)35/h1-12,22H,13H2/q+1. The lowest BCUT2D eigenvalue weighted by atomic mass is 10.2. The van der Waals surface area contributed by atoms with Gasteiger partial charge in [-0.3, -0.25) is 0 Å². The lowest BCUT2D eigenvalue weighted by molar-refractivity contribution is -0.313. The minimum absolute atomic E-state index is 0.0332. The van der Waals surface area contributed by atoms with E-state index in [1.165, 1.54) is 12.1 Å². The second-order valence-corrected chi connectivity index (χ2v) is 9.32. The number of fused-ring (bicyclic) bond motifs is 3. The third-order valence-electron chi connectivity index (χ3n) is 4.99. The van der Waals surface area contributed by atoms with Crippen LogP contribution in [0.2, 0.25) is 0 Å². The summed E-state index contributed by atoms with van der Waals surface area (Å²) in [6.45, 7) is -1.41. The number of ether oxygens (including phenoxy) is 2. The molecule has 182 valence electrons. The van der Waals surface area contributed by atoms with Crippen molar-refractivity contribution in [3.05, 3.63) is 78.4 Å². The normalized spacial score (nSPS) is 12.3. The highest BCUT2D eigenvalue weighted by Crippen LogP contribution is 2.48. The van der Waals surface area contributed by atoms with Crippen molar-refractivity contribution in [2.75, 3.05) is 6.61 Å². The molecule has 0 saturated carbocycles. The van der Waals surface area contributed by atoms with E-state index in [0.717, 1.165) is 25.1 Å².